The average molecular weight is 320 g/mol. The Morgan fingerprint density at radius 1 is 0.905 bits per heavy atom. The molecule has 0 fully saturated rings. The molecule has 112 valence electrons. The number of hydrogen-bond acceptors (Lipinski definition) is 4. The van der Waals surface area contributed by atoms with Crippen LogP contribution in [0.15, 0.2) is 48.5 Å². The molecule has 0 atom stereocenters. The minimum absolute atomic E-state index is 0.0442. The first-order chi connectivity index (χ1) is 9.68. The SMILES string of the molecule is CC(C)([13c]1[13cH][13cH][13c](O)[13cH][13cH]1)[13c]1[13cH][13cH][13c](OS(=O)(=O)O)[13cH][13cH]1. The third-order valence-corrected chi connectivity index (χ3v) is 3.77. The van der Waals surface area contributed by atoms with Crippen LogP contribution in [-0.2, 0) is 15.8 Å². The summed E-state index contributed by atoms with van der Waals surface area (Å²) in [5.41, 5.74) is 1.62. The van der Waals surface area contributed by atoms with Crippen LogP contribution in [0.1, 0.15) is 25.0 Å². The second-order valence-corrected chi connectivity index (χ2v) is 6.23. The number of phenols is 1. The van der Waals surface area contributed by atoms with Gasteiger partial charge >= 0.3 is 10.4 Å². The molecule has 0 aliphatic heterocycles. The Morgan fingerprint density at radius 2 is 1.33 bits per heavy atom. The second-order valence-electron chi connectivity index (χ2n) is 5.21. The number of rotatable bonds is 4. The van der Waals surface area contributed by atoms with Gasteiger partial charge in [0.1, 0.15) is 11.5 Å². The van der Waals surface area contributed by atoms with Gasteiger partial charge in [-0.1, -0.05) is 38.1 Å². The molecule has 5 nitrogen and oxygen atoms in total. The van der Waals surface area contributed by atoms with Crippen molar-refractivity contribution < 1.29 is 22.3 Å². The fourth-order valence-electron chi connectivity index (χ4n) is 2.09. The molecule has 0 saturated carbocycles. The quantitative estimate of drug-likeness (QED) is 0.846. The maximum absolute atomic E-state index is 10.6. The van der Waals surface area contributed by atoms with Gasteiger partial charge < -0.3 is 9.29 Å². The maximum Gasteiger partial charge on any atom is 0.446 e. The number of phenolic OH excluding ortho intramolecular Hbond substituents is 1. The fraction of sp³-hybridized carbons (Fsp3) is 0.200. The van der Waals surface area contributed by atoms with E-state index in [1.807, 2.05) is 26.0 Å². The van der Waals surface area contributed by atoms with Crippen molar-refractivity contribution in [3.05, 3.63) is 59.7 Å². The smallest absolute Gasteiger partial charge is 0.446 e. The molecule has 2 N–H and O–H groups in total. The number of hydrogen-bond donors (Lipinski definition) is 2. The predicted octanol–water partition coefficient (Wildman–Crippen LogP) is 2.90. The molecule has 0 amide bonds. The summed E-state index contributed by atoms with van der Waals surface area (Å²) in [4.78, 5) is 0. The molecule has 2 rings (SSSR count). The van der Waals surface area contributed by atoms with Crippen molar-refractivity contribution in [2.24, 2.45) is 0 Å². The Bertz CT molecular complexity index is 716. The molecule has 0 saturated heterocycles. The molecule has 2 aromatic carbocycles. The van der Waals surface area contributed by atoms with E-state index in [1.54, 1.807) is 24.3 Å². The zero-order valence-corrected chi connectivity index (χ0v) is 12.5. The molecule has 0 spiro atoms. The van der Waals surface area contributed by atoms with Crippen LogP contribution in [0.3, 0.4) is 0 Å². The Balaban J connectivity index is 2.30. The van der Waals surface area contributed by atoms with E-state index in [9.17, 15) is 13.5 Å². The van der Waals surface area contributed by atoms with Crippen molar-refractivity contribution in [1.29, 1.82) is 0 Å². The second kappa shape index (κ2) is 5.38. The molecule has 2 aromatic rings. The maximum atomic E-state index is 10.6. The van der Waals surface area contributed by atoms with Crippen LogP contribution in [-0.4, -0.2) is 18.1 Å². The van der Waals surface area contributed by atoms with E-state index in [-0.39, 0.29) is 16.9 Å². The van der Waals surface area contributed by atoms with Gasteiger partial charge in [0.15, 0.2) is 0 Å². The van der Waals surface area contributed by atoms with Crippen molar-refractivity contribution in [1.82, 2.24) is 0 Å². The molecule has 0 aliphatic carbocycles. The number of benzene rings is 2. The molecule has 0 heterocycles. The van der Waals surface area contributed by atoms with Crippen LogP contribution in [0, 0.1) is 0 Å². The minimum Gasteiger partial charge on any atom is -0.508 e. The van der Waals surface area contributed by atoms with Gasteiger partial charge in [-0.3, -0.25) is 4.55 Å². The lowest BCUT2D eigenvalue weighted by atomic mass is 10.1. The molecule has 21 heavy (non-hydrogen) atoms. The highest BCUT2D eigenvalue weighted by Crippen LogP contribution is 2.33. The van der Waals surface area contributed by atoms with Gasteiger partial charge in [-0.05, 0) is 35.4 Å². The predicted molar refractivity (Wildman–Crippen MR) is 78.9 cm³/mol. The van der Waals surface area contributed by atoms with E-state index in [0.717, 1.165) is 11.1 Å². The summed E-state index contributed by atoms with van der Waals surface area (Å²) < 4.78 is 34.3. The van der Waals surface area contributed by atoms with Gasteiger partial charge in [0.25, 0.3) is 0 Å². The van der Waals surface area contributed by atoms with Crippen LogP contribution in [0.5, 0.6) is 11.5 Å². The Labute approximate surface area is 123 Å². The van der Waals surface area contributed by atoms with E-state index in [0.29, 0.717) is 0 Å². The monoisotopic (exact) mass is 320 g/mol. The van der Waals surface area contributed by atoms with Gasteiger partial charge in [-0.25, -0.2) is 0 Å². The molecular formula is C15H16O5S. The van der Waals surface area contributed by atoms with Gasteiger partial charge in [0.2, 0.25) is 0 Å². The van der Waals surface area contributed by atoms with Crippen LogP contribution in [0.25, 0.3) is 0 Å². The zero-order valence-electron chi connectivity index (χ0n) is 11.6. The highest BCUT2D eigenvalue weighted by molar-refractivity contribution is 7.81. The first kappa shape index (κ1) is 15.3. The summed E-state index contributed by atoms with van der Waals surface area (Å²) in [5, 5.41) is 9.34. The Hall–Kier alpha value is -2.05. The fourth-order valence-corrected chi connectivity index (χ4v) is 2.45. The third kappa shape index (κ3) is 3.74. The van der Waals surface area contributed by atoms with Crippen LogP contribution in [0.4, 0.5) is 0 Å². The summed E-state index contributed by atoms with van der Waals surface area (Å²) in [6.45, 7) is 4.02. The van der Waals surface area contributed by atoms with Crippen molar-refractivity contribution in [3.63, 3.8) is 0 Å². The van der Waals surface area contributed by atoms with Gasteiger partial charge in [-0.15, -0.1) is 0 Å². The zero-order chi connectivity index (χ0) is 15.7. The molecule has 6 heteroatoms. The average Bonchev–Trinajstić information content (AvgIpc) is 2.38. The molecule has 0 unspecified atom stereocenters. The van der Waals surface area contributed by atoms with E-state index >= 15 is 0 Å². The minimum atomic E-state index is -4.51. The standard InChI is InChI=1S/C15H16O5S/c1-15(2,11-3-7-13(16)8-4-11)12-5-9-14(10-6-12)20-21(17,18)19/h3-10,16H,1-2H3,(H,17,18,19)/i3+1,4+1,5+1,6+1,7+1,8+1,9+1,10+1,11+1,12+1,13+1,14+1. The van der Waals surface area contributed by atoms with Crippen molar-refractivity contribution in [2.75, 3.05) is 0 Å². The molecular weight excluding hydrogens is 304 g/mol. The normalized spacial score (nSPS) is 12.1. The van der Waals surface area contributed by atoms with Gasteiger partial charge in [0.05, 0.1) is 0 Å². The summed E-state index contributed by atoms with van der Waals surface area (Å²) >= 11 is 0. The first-order valence-corrected chi connectivity index (χ1v) is 7.62. The summed E-state index contributed by atoms with van der Waals surface area (Å²) in [5.74, 6) is 0.245. The van der Waals surface area contributed by atoms with Crippen molar-refractivity contribution >= 4 is 10.4 Å². The Kier molecular flexibility index (Phi) is 3.93. The highest BCUT2D eigenvalue weighted by atomic mass is 32.3. The van der Waals surface area contributed by atoms with Gasteiger partial charge in [0, 0.05) is 5.41 Å². The summed E-state index contributed by atoms with van der Waals surface area (Å²) in [6, 6.07) is 13.3. The van der Waals surface area contributed by atoms with E-state index in [4.69, 9.17) is 4.55 Å². The first-order valence-electron chi connectivity index (χ1n) is 6.25. The van der Waals surface area contributed by atoms with Crippen LogP contribution < -0.4 is 4.18 Å². The van der Waals surface area contributed by atoms with Crippen molar-refractivity contribution in [3.8, 4) is 11.5 Å². The van der Waals surface area contributed by atoms with Crippen LogP contribution >= 0.6 is 0 Å². The van der Waals surface area contributed by atoms with E-state index in [2.05, 4.69) is 4.18 Å². The molecule has 0 radical (unpaired) electrons. The topological polar surface area (TPSA) is 83.8 Å². The summed E-state index contributed by atoms with van der Waals surface area (Å²) in [6.07, 6.45) is 0. The van der Waals surface area contributed by atoms with Crippen LogP contribution in [0.2, 0.25) is 0 Å². The third-order valence-electron chi connectivity index (χ3n) is 3.37. The van der Waals surface area contributed by atoms with E-state index < -0.39 is 10.4 Å². The van der Waals surface area contributed by atoms with E-state index in [1.165, 1.54) is 12.1 Å². The Morgan fingerprint density at radius 3 is 1.76 bits per heavy atom. The lowest BCUT2D eigenvalue weighted by Crippen LogP contribution is -2.18. The molecule has 0 aliphatic rings. The molecule has 0 aromatic heterocycles. The highest BCUT2D eigenvalue weighted by Gasteiger charge is 2.23. The van der Waals surface area contributed by atoms with Gasteiger partial charge in [-0.2, -0.15) is 8.42 Å². The lowest BCUT2D eigenvalue weighted by Gasteiger charge is -2.26. The lowest BCUT2D eigenvalue weighted by molar-refractivity contribution is 0.386. The molecule has 0 bridgehead atoms. The largest absolute Gasteiger partial charge is 0.508 e. The van der Waals surface area contributed by atoms with Crippen molar-refractivity contribution in [2.45, 2.75) is 19.3 Å². The summed E-state index contributed by atoms with van der Waals surface area (Å²) in [7, 11) is -4.51. The number of aromatic hydroxyl groups is 1.